The molecular weight excluding hydrogens is 420 g/mol. The van der Waals surface area contributed by atoms with Crippen molar-refractivity contribution in [3.8, 4) is 0 Å². The van der Waals surface area contributed by atoms with Gasteiger partial charge in [0.15, 0.2) is 11.5 Å². The smallest absolute Gasteiger partial charge is 0.274 e. The highest BCUT2D eigenvalue weighted by molar-refractivity contribution is 5.99. The van der Waals surface area contributed by atoms with Crippen LogP contribution in [0.1, 0.15) is 50.4 Å². The van der Waals surface area contributed by atoms with E-state index in [-0.39, 0.29) is 24.0 Å². The molecule has 0 aromatic carbocycles. The van der Waals surface area contributed by atoms with Crippen LogP contribution < -0.4 is 16.0 Å². The minimum Gasteiger partial charge on any atom is -0.382 e. The zero-order valence-electron chi connectivity index (χ0n) is 19.3. The Morgan fingerprint density at radius 3 is 2.28 bits per heavy atom. The van der Waals surface area contributed by atoms with E-state index in [0.29, 0.717) is 18.8 Å². The molecule has 1 fully saturated rings. The van der Waals surface area contributed by atoms with Gasteiger partial charge in [0.25, 0.3) is 5.91 Å². The van der Waals surface area contributed by atoms with Crippen LogP contribution in [0.2, 0.25) is 0 Å². The Balaban J connectivity index is 1.98. The SMILES string of the molecule is COCC(NC(=O)c1cc(C)on1)C(=O)N[C@@H](C)C(=O)NC(CC(C)C)C(=O)[C@@]1(C)CO1. The molecular formula is C21H32N4O7. The predicted molar refractivity (Wildman–Crippen MR) is 113 cm³/mol. The van der Waals surface area contributed by atoms with Crippen LogP contribution in [0.3, 0.4) is 0 Å². The highest BCUT2D eigenvalue weighted by Crippen LogP contribution is 2.29. The number of ketones is 1. The quantitative estimate of drug-likeness (QED) is 0.378. The Hall–Kier alpha value is -2.79. The zero-order chi connectivity index (χ0) is 24.1. The van der Waals surface area contributed by atoms with E-state index in [9.17, 15) is 19.2 Å². The molecule has 0 spiro atoms. The number of methoxy groups -OCH3 is 1. The van der Waals surface area contributed by atoms with E-state index in [1.54, 1.807) is 13.8 Å². The average Bonchev–Trinajstić information content (AvgIpc) is 3.32. The van der Waals surface area contributed by atoms with Gasteiger partial charge < -0.3 is 29.9 Å². The maximum Gasteiger partial charge on any atom is 0.274 e. The first-order chi connectivity index (χ1) is 15.0. The van der Waals surface area contributed by atoms with E-state index in [2.05, 4.69) is 21.1 Å². The molecule has 1 saturated heterocycles. The minimum absolute atomic E-state index is 0.0213. The fourth-order valence-corrected chi connectivity index (χ4v) is 3.05. The van der Waals surface area contributed by atoms with E-state index in [4.69, 9.17) is 14.0 Å². The molecule has 11 nitrogen and oxygen atoms in total. The topological polar surface area (TPSA) is 152 Å². The number of carbonyl (C=O) groups excluding carboxylic acids is 4. The molecule has 4 atom stereocenters. The largest absolute Gasteiger partial charge is 0.382 e. The number of epoxide rings is 1. The first-order valence-corrected chi connectivity index (χ1v) is 10.5. The van der Waals surface area contributed by atoms with Crippen LogP contribution in [-0.2, 0) is 23.9 Å². The van der Waals surface area contributed by atoms with Gasteiger partial charge in [0, 0.05) is 13.2 Å². The van der Waals surface area contributed by atoms with Gasteiger partial charge in [-0.15, -0.1) is 0 Å². The summed E-state index contributed by atoms with van der Waals surface area (Å²) in [5.41, 5.74) is -0.847. The molecule has 1 aromatic rings. The first kappa shape index (κ1) is 25.5. The highest BCUT2D eigenvalue weighted by Gasteiger charge is 2.50. The fraction of sp³-hybridized carbons (Fsp3) is 0.667. The van der Waals surface area contributed by atoms with Crippen molar-refractivity contribution in [3.63, 3.8) is 0 Å². The fourth-order valence-electron chi connectivity index (χ4n) is 3.05. The standard InChI is InChI=1S/C21H32N4O7/c1-11(2)7-14(17(26)21(5)10-31-21)23-18(27)13(4)22-20(29)16(9-30-6)24-19(28)15-8-12(3)32-25-15/h8,11,13-14,16H,7,9-10H2,1-6H3,(H,22,29)(H,23,27)(H,24,28)/t13-,14?,16?,21+/m0/s1. The molecule has 2 unspecified atom stereocenters. The molecule has 0 aliphatic carbocycles. The number of carbonyl (C=O) groups is 4. The number of nitrogens with one attached hydrogen (secondary N) is 3. The lowest BCUT2D eigenvalue weighted by molar-refractivity contribution is -0.133. The number of aryl methyl sites for hydroxylation is 1. The van der Waals surface area contributed by atoms with Gasteiger partial charge in [-0.3, -0.25) is 19.2 Å². The Morgan fingerprint density at radius 1 is 1.12 bits per heavy atom. The summed E-state index contributed by atoms with van der Waals surface area (Å²) in [6.45, 7) is 8.92. The van der Waals surface area contributed by atoms with E-state index < -0.39 is 41.4 Å². The minimum atomic E-state index is -1.06. The molecule has 32 heavy (non-hydrogen) atoms. The van der Waals surface area contributed by atoms with Gasteiger partial charge in [0.1, 0.15) is 23.4 Å². The van der Waals surface area contributed by atoms with Crippen molar-refractivity contribution in [1.82, 2.24) is 21.1 Å². The Labute approximate surface area is 186 Å². The monoisotopic (exact) mass is 452 g/mol. The molecule has 0 bridgehead atoms. The predicted octanol–water partition coefficient (Wildman–Crippen LogP) is 0.121. The van der Waals surface area contributed by atoms with Crippen molar-refractivity contribution in [2.75, 3.05) is 20.3 Å². The van der Waals surface area contributed by atoms with Crippen LogP contribution in [0.5, 0.6) is 0 Å². The lowest BCUT2D eigenvalue weighted by atomic mass is 9.93. The number of ether oxygens (including phenoxy) is 2. The number of nitrogens with zero attached hydrogens (tertiary/aromatic N) is 1. The number of Topliss-reactive ketones (excluding diaryl/α,β-unsaturated/α-hetero) is 1. The number of amides is 3. The van der Waals surface area contributed by atoms with Crippen LogP contribution >= 0.6 is 0 Å². The number of rotatable bonds is 12. The summed E-state index contributed by atoms with van der Waals surface area (Å²) in [5, 5.41) is 11.4. The summed E-state index contributed by atoms with van der Waals surface area (Å²) in [4.78, 5) is 50.3. The maximum absolute atomic E-state index is 12.7. The molecule has 2 heterocycles. The number of hydrogen-bond acceptors (Lipinski definition) is 8. The third-order valence-electron chi connectivity index (χ3n) is 5.01. The second kappa shape index (κ2) is 10.7. The zero-order valence-corrected chi connectivity index (χ0v) is 19.3. The highest BCUT2D eigenvalue weighted by atomic mass is 16.6. The van der Waals surface area contributed by atoms with Crippen LogP contribution in [-0.4, -0.2) is 72.7 Å². The van der Waals surface area contributed by atoms with Gasteiger partial charge in [0.05, 0.1) is 19.3 Å². The first-order valence-electron chi connectivity index (χ1n) is 10.5. The van der Waals surface area contributed by atoms with Gasteiger partial charge in [-0.25, -0.2) is 0 Å². The Kier molecular flexibility index (Phi) is 8.51. The van der Waals surface area contributed by atoms with Crippen LogP contribution in [0.25, 0.3) is 0 Å². The van der Waals surface area contributed by atoms with E-state index in [1.807, 2.05) is 13.8 Å². The summed E-state index contributed by atoms with van der Waals surface area (Å²) in [7, 11) is 1.38. The summed E-state index contributed by atoms with van der Waals surface area (Å²) in [5.74, 6) is -1.33. The van der Waals surface area contributed by atoms with Crippen LogP contribution in [0, 0.1) is 12.8 Å². The Bertz CT molecular complexity index is 847. The molecule has 178 valence electrons. The summed E-state index contributed by atoms with van der Waals surface area (Å²) in [6, 6.07) is -1.31. The summed E-state index contributed by atoms with van der Waals surface area (Å²) >= 11 is 0. The molecule has 2 rings (SSSR count). The third-order valence-corrected chi connectivity index (χ3v) is 5.01. The van der Waals surface area contributed by atoms with E-state index in [0.717, 1.165) is 0 Å². The van der Waals surface area contributed by atoms with Gasteiger partial charge in [-0.05, 0) is 33.1 Å². The maximum atomic E-state index is 12.7. The van der Waals surface area contributed by atoms with Gasteiger partial charge in [-0.2, -0.15) is 0 Å². The van der Waals surface area contributed by atoms with Crippen molar-refractivity contribution in [1.29, 1.82) is 0 Å². The summed E-state index contributed by atoms with van der Waals surface area (Å²) < 4.78 is 15.1. The van der Waals surface area contributed by atoms with Crippen molar-refractivity contribution in [3.05, 3.63) is 17.5 Å². The van der Waals surface area contributed by atoms with Crippen molar-refractivity contribution >= 4 is 23.5 Å². The normalized spacial score (nSPS) is 20.2. The molecule has 1 aromatic heterocycles. The van der Waals surface area contributed by atoms with Gasteiger partial charge in [-0.1, -0.05) is 19.0 Å². The van der Waals surface area contributed by atoms with Crippen molar-refractivity contribution in [2.24, 2.45) is 5.92 Å². The van der Waals surface area contributed by atoms with Crippen molar-refractivity contribution in [2.45, 2.75) is 64.8 Å². The van der Waals surface area contributed by atoms with E-state index in [1.165, 1.54) is 20.1 Å². The number of hydrogen-bond donors (Lipinski definition) is 3. The molecule has 0 saturated carbocycles. The van der Waals surface area contributed by atoms with E-state index >= 15 is 0 Å². The summed E-state index contributed by atoms with van der Waals surface area (Å²) in [6.07, 6.45) is 0.448. The molecule has 3 amide bonds. The number of aromatic nitrogens is 1. The average molecular weight is 453 g/mol. The second-order valence-corrected chi connectivity index (χ2v) is 8.61. The molecule has 1 aliphatic heterocycles. The molecule has 1 aliphatic rings. The molecule has 3 N–H and O–H groups in total. The van der Waals surface area contributed by atoms with Crippen molar-refractivity contribution < 1.29 is 33.2 Å². The molecule has 0 radical (unpaired) electrons. The van der Waals surface area contributed by atoms with Gasteiger partial charge in [0.2, 0.25) is 11.8 Å². The lowest BCUT2D eigenvalue weighted by Crippen LogP contribution is -2.56. The van der Waals surface area contributed by atoms with Crippen LogP contribution in [0.4, 0.5) is 0 Å². The Morgan fingerprint density at radius 2 is 1.78 bits per heavy atom. The van der Waals surface area contributed by atoms with Crippen LogP contribution in [0.15, 0.2) is 10.6 Å². The molecule has 11 heteroatoms. The second-order valence-electron chi connectivity index (χ2n) is 8.61. The third kappa shape index (κ3) is 6.86. The van der Waals surface area contributed by atoms with Gasteiger partial charge >= 0.3 is 0 Å². The lowest BCUT2D eigenvalue weighted by Gasteiger charge is -2.24.